The van der Waals surface area contributed by atoms with Crippen LogP contribution in [0.5, 0.6) is 11.5 Å². The molecule has 0 aliphatic carbocycles. The lowest BCUT2D eigenvalue weighted by Crippen LogP contribution is -2.43. The first-order chi connectivity index (χ1) is 15.0. The lowest BCUT2D eigenvalue weighted by atomic mass is 10.1. The number of aromatic hydroxyl groups is 2. The molecule has 0 radical (unpaired) electrons. The Hall–Kier alpha value is -3.03. The molecule has 32 heavy (non-hydrogen) atoms. The number of halogens is 1. The Morgan fingerprint density at radius 1 is 1.00 bits per heavy atom. The summed E-state index contributed by atoms with van der Waals surface area (Å²) < 4.78 is 14.8. The van der Waals surface area contributed by atoms with Crippen molar-refractivity contribution in [2.75, 3.05) is 0 Å². The second-order valence-corrected chi connectivity index (χ2v) is 8.47. The third kappa shape index (κ3) is 5.06. The van der Waals surface area contributed by atoms with Crippen LogP contribution in [0.15, 0.2) is 24.3 Å². The lowest BCUT2D eigenvalue weighted by molar-refractivity contribution is 0.0631. The molecular weight excluding hydrogens is 413 g/mol. The number of benzene rings is 1. The Morgan fingerprint density at radius 3 is 2.00 bits per heavy atom. The van der Waals surface area contributed by atoms with E-state index >= 15 is 0 Å². The average Bonchev–Trinajstić information content (AvgIpc) is 2.98. The molecule has 1 heterocycles. The molecule has 0 saturated carbocycles. The highest BCUT2D eigenvalue weighted by atomic mass is 19.1. The fourth-order valence-electron chi connectivity index (χ4n) is 3.97. The van der Waals surface area contributed by atoms with Gasteiger partial charge in [0.25, 0.3) is 11.8 Å². The second-order valence-electron chi connectivity index (χ2n) is 8.47. The molecule has 3 N–H and O–H groups in total. The number of nitrogens with one attached hydrogen (secondary N) is 1. The van der Waals surface area contributed by atoms with Crippen molar-refractivity contribution in [3.8, 4) is 17.2 Å². The van der Waals surface area contributed by atoms with Gasteiger partial charge in [-0.2, -0.15) is 0 Å². The molecule has 0 spiro atoms. The fourth-order valence-corrected chi connectivity index (χ4v) is 3.97. The molecular formula is C24H34FN3O4. The number of hydrogen-bond donors (Lipinski definition) is 3. The van der Waals surface area contributed by atoms with Gasteiger partial charge in [0.15, 0.2) is 22.9 Å². The van der Waals surface area contributed by atoms with Gasteiger partial charge in [0, 0.05) is 23.8 Å². The summed E-state index contributed by atoms with van der Waals surface area (Å²) in [6.45, 7) is 11.3. The molecule has 0 saturated heterocycles. The molecule has 0 fully saturated rings. The normalized spacial score (nSPS) is 12.3. The predicted molar refractivity (Wildman–Crippen MR) is 122 cm³/mol. The van der Waals surface area contributed by atoms with Gasteiger partial charge < -0.3 is 20.4 Å². The Labute approximate surface area is 188 Å². The fraction of sp³-hybridized carbons (Fsp3) is 0.500. The van der Waals surface area contributed by atoms with E-state index in [0.717, 1.165) is 12.8 Å². The number of hydrogen-bond acceptors (Lipinski definition) is 4. The number of carbonyl (C=O) groups is 2. The Morgan fingerprint density at radius 2 is 1.53 bits per heavy atom. The van der Waals surface area contributed by atoms with Gasteiger partial charge in [0.1, 0.15) is 5.82 Å². The summed E-state index contributed by atoms with van der Waals surface area (Å²) in [6.07, 6.45) is 2.28. The number of nitrogens with zero attached hydrogens (tertiary/aromatic N) is 2. The number of aromatic nitrogens is 1. The molecule has 8 heteroatoms. The van der Waals surface area contributed by atoms with Crippen molar-refractivity contribution in [2.24, 2.45) is 0 Å². The predicted octanol–water partition coefficient (Wildman–Crippen LogP) is 4.60. The standard InChI is InChI=1S/C24H34FN3O4/c1-7-9-17(8-2)26-23(31)19-21(29)22(30)20(24(32)27(14(3)4)15(5)6)28(19)18-12-10-16(25)11-13-18/h10-15,17,29-30H,7-9H2,1-6H3,(H,26,31). The molecule has 2 amide bonds. The van der Waals surface area contributed by atoms with E-state index in [4.69, 9.17) is 0 Å². The summed E-state index contributed by atoms with van der Waals surface area (Å²) in [6, 6.07) is 4.62. The summed E-state index contributed by atoms with van der Waals surface area (Å²) in [5, 5.41) is 24.4. The van der Waals surface area contributed by atoms with Crippen molar-refractivity contribution in [3.05, 3.63) is 41.5 Å². The van der Waals surface area contributed by atoms with Crippen molar-refractivity contribution >= 4 is 11.8 Å². The Bertz CT molecular complexity index is 943. The highest BCUT2D eigenvalue weighted by molar-refractivity contribution is 6.04. The minimum atomic E-state index is -0.686. The van der Waals surface area contributed by atoms with Gasteiger partial charge >= 0.3 is 0 Å². The van der Waals surface area contributed by atoms with E-state index in [1.165, 1.54) is 28.8 Å². The first-order valence-electron chi connectivity index (χ1n) is 11.1. The first-order valence-corrected chi connectivity index (χ1v) is 11.1. The van der Waals surface area contributed by atoms with Gasteiger partial charge in [-0.25, -0.2) is 4.39 Å². The first kappa shape index (κ1) is 25.2. The van der Waals surface area contributed by atoms with Crippen LogP contribution in [0.4, 0.5) is 4.39 Å². The molecule has 0 aliphatic heterocycles. The third-order valence-electron chi connectivity index (χ3n) is 5.43. The SMILES string of the molecule is CCCC(CC)NC(=O)c1c(O)c(O)c(C(=O)N(C(C)C)C(C)C)n1-c1ccc(F)cc1. The molecule has 1 aromatic heterocycles. The Balaban J connectivity index is 2.74. The summed E-state index contributed by atoms with van der Waals surface area (Å²) in [5.41, 5.74) is -0.240. The van der Waals surface area contributed by atoms with Crippen LogP contribution in [0.25, 0.3) is 5.69 Å². The van der Waals surface area contributed by atoms with Gasteiger partial charge in [-0.1, -0.05) is 20.3 Å². The smallest absolute Gasteiger partial charge is 0.275 e. The average molecular weight is 448 g/mol. The van der Waals surface area contributed by atoms with Crippen LogP contribution in [0.2, 0.25) is 0 Å². The van der Waals surface area contributed by atoms with Gasteiger partial charge in [-0.05, 0) is 64.8 Å². The highest BCUT2D eigenvalue weighted by Gasteiger charge is 2.35. The van der Waals surface area contributed by atoms with Gasteiger partial charge in [0.05, 0.1) is 0 Å². The minimum absolute atomic E-state index is 0.132. The van der Waals surface area contributed by atoms with Crippen LogP contribution in [0.3, 0.4) is 0 Å². The van der Waals surface area contributed by atoms with Crippen LogP contribution in [-0.4, -0.2) is 49.6 Å². The molecule has 1 unspecified atom stereocenters. The third-order valence-corrected chi connectivity index (χ3v) is 5.43. The van der Waals surface area contributed by atoms with Crippen LogP contribution in [0.1, 0.15) is 81.8 Å². The molecule has 7 nitrogen and oxygen atoms in total. The van der Waals surface area contributed by atoms with Crippen LogP contribution < -0.4 is 5.32 Å². The molecule has 1 aromatic carbocycles. The zero-order valence-corrected chi connectivity index (χ0v) is 19.6. The van der Waals surface area contributed by atoms with E-state index < -0.39 is 29.1 Å². The van der Waals surface area contributed by atoms with E-state index in [1.807, 2.05) is 41.5 Å². The van der Waals surface area contributed by atoms with E-state index in [2.05, 4.69) is 5.32 Å². The maximum atomic E-state index is 13.6. The molecule has 2 rings (SSSR count). The molecule has 0 aliphatic rings. The molecule has 0 bridgehead atoms. The van der Waals surface area contributed by atoms with Crippen molar-refractivity contribution in [1.82, 2.24) is 14.8 Å². The van der Waals surface area contributed by atoms with Gasteiger partial charge in [-0.3, -0.25) is 14.2 Å². The van der Waals surface area contributed by atoms with Crippen LogP contribution in [0, 0.1) is 5.82 Å². The number of amides is 2. The lowest BCUT2D eigenvalue weighted by Gasteiger charge is -2.31. The van der Waals surface area contributed by atoms with Crippen molar-refractivity contribution in [3.63, 3.8) is 0 Å². The van der Waals surface area contributed by atoms with E-state index in [-0.39, 0.29) is 35.2 Å². The van der Waals surface area contributed by atoms with E-state index in [1.54, 1.807) is 4.90 Å². The monoisotopic (exact) mass is 447 g/mol. The van der Waals surface area contributed by atoms with Crippen molar-refractivity contribution < 1.29 is 24.2 Å². The zero-order valence-electron chi connectivity index (χ0n) is 19.6. The molecule has 1 atom stereocenters. The van der Waals surface area contributed by atoms with Crippen LogP contribution in [-0.2, 0) is 0 Å². The van der Waals surface area contributed by atoms with Gasteiger partial charge in [0.2, 0.25) is 0 Å². The van der Waals surface area contributed by atoms with E-state index in [9.17, 15) is 24.2 Å². The summed E-state index contributed by atoms with van der Waals surface area (Å²) in [4.78, 5) is 28.2. The topological polar surface area (TPSA) is 94.8 Å². The highest BCUT2D eigenvalue weighted by Crippen LogP contribution is 2.39. The summed E-state index contributed by atoms with van der Waals surface area (Å²) >= 11 is 0. The number of carbonyl (C=O) groups excluding carboxylic acids is 2. The second kappa shape index (κ2) is 10.5. The maximum absolute atomic E-state index is 13.6. The zero-order chi connectivity index (χ0) is 24.2. The summed E-state index contributed by atoms with van der Waals surface area (Å²) in [5.74, 6) is -3.03. The largest absolute Gasteiger partial charge is 0.503 e. The number of rotatable bonds is 9. The van der Waals surface area contributed by atoms with E-state index in [0.29, 0.717) is 6.42 Å². The molecule has 176 valence electrons. The summed E-state index contributed by atoms with van der Waals surface area (Å²) in [7, 11) is 0. The van der Waals surface area contributed by atoms with Gasteiger partial charge in [-0.15, -0.1) is 0 Å². The van der Waals surface area contributed by atoms with Crippen molar-refractivity contribution in [1.29, 1.82) is 0 Å². The van der Waals surface area contributed by atoms with Crippen molar-refractivity contribution in [2.45, 2.75) is 78.9 Å². The van der Waals surface area contributed by atoms with Crippen LogP contribution >= 0.6 is 0 Å². The maximum Gasteiger partial charge on any atom is 0.275 e. The quantitative estimate of drug-likeness (QED) is 0.524. The minimum Gasteiger partial charge on any atom is -0.503 e. The Kier molecular flexibility index (Phi) is 8.30. The molecule has 2 aromatic rings.